The number of hydrogen-bond donors (Lipinski definition) is 2. The Balaban J connectivity index is 1.11. The minimum absolute atomic E-state index is 0.486. The molecule has 1 fully saturated rings. The molecular weight excluding hydrogens is 444 g/mol. The monoisotopic (exact) mass is 468 g/mol. The third kappa shape index (κ3) is 4.66. The van der Waals surface area contributed by atoms with E-state index in [9.17, 15) is 0 Å². The molecule has 0 bridgehead atoms. The number of benzene rings is 1. The van der Waals surface area contributed by atoms with Crippen molar-refractivity contribution in [2.75, 3.05) is 36.4 Å². The Morgan fingerprint density at radius 2 is 1.91 bits per heavy atom. The molecular formula is C24H24N10O. The summed E-state index contributed by atoms with van der Waals surface area (Å²) in [5.74, 6) is 3.40. The molecule has 0 atom stereocenters. The van der Waals surface area contributed by atoms with Crippen molar-refractivity contribution in [2.24, 2.45) is 0 Å². The number of fused-ring (bicyclic) bond motifs is 1. The van der Waals surface area contributed by atoms with Crippen LogP contribution in [0.1, 0.15) is 11.4 Å². The van der Waals surface area contributed by atoms with E-state index in [1.165, 1.54) is 5.56 Å². The van der Waals surface area contributed by atoms with Gasteiger partial charge in [-0.3, -0.25) is 9.88 Å². The van der Waals surface area contributed by atoms with E-state index in [2.05, 4.69) is 62.3 Å². The molecule has 1 aliphatic rings. The molecule has 0 spiro atoms. The minimum atomic E-state index is 0.486. The first kappa shape index (κ1) is 21.2. The molecule has 0 aliphatic carbocycles. The zero-order chi connectivity index (χ0) is 23.6. The number of imidazole rings is 1. The number of nitrogens with one attached hydrogen (secondary N) is 2. The lowest BCUT2D eigenvalue weighted by Crippen LogP contribution is -2.46. The van der Waals surface area contributed by atoms with Crippen LogP contribution in [0.2, 0.25) is 0 Å². The summed E-state index contributed by atoms with van der Waals surface area (Å²) in [6, 6.07) is 9.91. The van der Waals surface area contributed by atoms with Gasteiger partial charge < -0.3 is 19.7 Å². The number of anilines is 3. The average Bonchev–Trinajstić information content (AvgIpc) is 3.50. The third-order valence-corrected chi connectivity index (χ3v) is 5.98. The average molecular weight is 469 g/mol. The second kappa shape index (κ2) is 9.11. The van der Waals surface area contributed by atoms with E-state index in [0.29, 0.717) is 17.7 Å². The molecule has 1 aliphatic heterocycles. The zero-order valence-corrected chi connectivity index (χ0v) is 19.2. The van der Waals surface area contributed by atoms with Gasteiger partial charge in [-0.2, -0.15) is 4.98 Å². The van der Waals surface area contributed by atoms with Crippen molar-refractivity contribution in [2.45, 2.75) is 13.5 Å². The lowest BCUT2D eigenvalue weighted by Gasteiger charge is -2.35. The predicted molar refractivity (Wildman–Crippen MR) is 131 cm³/mol. The highest BCUT2D eigenvalue weighted by molar-refractivity contribution is 5.82. The topological polar surface area (TPSA) is 125 Å². The van der Waals surface area contributed by atoms with Gasteiger partial charge in [0.05, 0.1) is 17.2 Å². The summed E-state index contributed by atoms with van der Waals surface area (Å²) in [5.41, 5.74) is 3.75. The summed E-state index contributed by atoms with van der Waals surface area (Å²) in [6.07, 6.45) is 7.09. The van der Waals surface area contributed by atoms with Crippen LogP contribution in [0, 0.1) is 6.92 Å². The molecule has 0 unspecified atom stereocenters. The SMILES string of the molecule is Cc1noc(-c2ccc3nc(Nc4cc(CN5CCN(c6cnccn6)CC5)ccn4)[nH]c3c2)n1. The van der Waals surface area contributed by atoms with Gasteiger partial charge in [-0.05, 0) is 42.8 Å². The molecule has 0 amide bonds. The van der Waals surface area contributed by atoms with E-state index in [-0.39, 0.29) is 0 Å². The van der Waals surface area contributed by atoms with Gasteiger partial charge >= 0.3 is 0 Å². The van der Waals surface area contributed by atoms with Gasteiger partial charge in [-0.15, -0.1) is 0 Å². The second-order valence-electron chi connectivity index (χ2n) is 8.47. The molecule has 6 rings (SSSR count). The van der Waals surface area contributed by atoms with Crippen molar-refractivity contribution in [3.8, 4) is 11.5 Å². The summed E-state index contributed by atoms with van der Waals surface area (Å²) in [5, 5.41) is 7.15. The number of piperazine rings is 1. The van der Waals surface area contributed by atoms with Crippen molar-refractivity contribution in [1.29, 1.82) is 0 Å². The Hall–Kier alpha value is -4.38. The van der Waals surface area contributed by atoms with E-state index in [4.69, 9.17) is 4.52 Å². The summed E-state index contributed by atoms with van der Waals surface area (Å²) in [4.78, 5) is 30.0. The fourth-order valence-electron chi connectivity index (χ4n) is 4.23. The summed E-state index contributed by atoms with van der Waals surface area (Å²) in [7, 11) is 0. The summed E-state index contributed by atoms with van der Waals surface area (Å²) >= 11 is 0. The molecule has 0 radical (unpaired) electrons. The van der Waals surface area contributed by atoms with Gasteiger partial charge in [0.2, 0.25) is 5.95 Å². The summed E-state index contributed by atoms with van der Waals surface area (Å²) in [6.45, 7) is 6.45. The Kier molecular flexibility index (Phi) is 5.51. The minimum Gasteiger partial charge on any atom is -0.353 e. The Labute approximate surface area is 201 Å². The van der Waals surface area contributed by atoms with Crippen molar-refractivity contribution in [3.05, 3.63) is 66.5 Å². The van der Waals surface area contributed by atoms with Crippen LogP contribution in [0.4, 0.5) is 17.6 Å². The van der Waals surface area contributed by atoms with Crippen LogP contribution in [0.25, 0.3) is 22.5 Å². The van der Waals surface area contributed by atoms with Crippen molar-refractivity contribution in [3.63, 3.8) is 0 Å². The number of pyridine rings is 1. The number of rotatable bonds is 6. The lowest BCUT2D eigenvalue weighted by atomic mass is 10.2. The normalized spacial score (nSPS) is 14.5. The van der Waals surface area contributed by atoms with Crippen LogP contribution in [0.3, 0.4) is 0 Å². The number of H-pyrrole nitrogens is 1. The number of aromatic amines is 1. The largest absolute Gasteiger partial charge is 0.353 e. The van der Waals surface area contributed by atoms with Gasteiger partial charge in [-0.1, -0.05) is 5.16 Å². The fourth-order valence-corrected chi connectivity index (χ4v) is 4.23. The van der Waals surface area contributed by atoms with Gasteiger partial charge in [0.1, 0.15) is 11.6 Å². The number of aryl methyl sites for hydroxylation is 1. The third-order valence-electron chi connectivity index (χ3n) is 5.98. The number of hydrogen-bond acceptors (Lipinski definition) is 10. The molecule has 2 N–H and O–H groups in total. The van der Waals surface area contributed by atoms with E-state index >= 15 is 0 Å². The fraction of sp³-hybridized carbons (Fsp3) is 0.250. The highest BCUT2D eigenvalue weighted by Crippen LogP contribution is 2.24. The van der Waals surface area contributed by atoms with E-state index < -0.39 is 0 Å². The van der Waals surface area contributed by atoms with Crippen molar-refractivity contribution >= 4 is 28.6 Å². The molecule has 1 aromatic carbocycles. The molecule has 176 valence electrons. The first-order valence-electron chi connectivity index (χ1n) is 11.5. The molecule has 4 aromatic heterocycles. The smallest absolute Gasteiger partial charge is 0.257 e. The molecule has 35 heavy (non-hydrogen) atoms. The van der Waals surface area contributed by atoms with Crippen LogP contribution in [-0.2, 0) is 6.54 Å². The maximum Gasteiger partial charge on any atom is 0.257 e. The van der Waals surface area contributed by atoms with Crippen molar-refractivity contribution < 1.29 is 4.52 Å². The van der Waals surface area contributed by atoms with Gasteiger partial charge in [0.15, 0.2) is 5.82 Å². The zero-order valence-electron chi connectivity index (χ0n) is 19.2. The summed E-state index contributed by atoms with van der Waals surface area (Å²) < 4.78 is 5.27. The van der Waals surface area contributed by atoms with Crippen LogP contribution in [-0.4, -0.2) is 66.1 Å². The number of aromatic nitrogens is 7. The molecule has 0 saturated carbocycles. The molecule has 11 heteroatoms. The maximum absolute atomic E-state index is 5.27. The van der Waals surface area contributed by atoms with Gasteiger partial charge in [-0.25, -0.2) is 15.0 Å². The molecule has 11 nitrogen and oxygen atoms in total. The molecule has 5 aromatic rings. The highest BCUT2D eigenvalue weighted by atomic mass is 16.5. The lowest BCUT2D eigenvalue weighted by molar-refractivity contribution is 0.249. The number of nitrogens with zero attached hydrogens (tertiary/aromatic N) is 8. The molecule has 5 heterocycles. The van der Waals surface area contributed by atoms with E-state index in [1.54, 1.807) is 19.3 Å². The first-order chi connectivity index (χ1) is 17.2. The van der Waals surface area contributed by atoms with Crippen molar-refractivity contribution in [1.82, 2.24) is 40.0 Å². The van der Waals surface area contributed by atoms with Crippen LogP contribution in [0.5, 0.6) is 0 Å². The van der Waals surface area contributed by atoms with Gasteiger partial charge in [0.25, 0.3) is 5.89 Å². The quantitative estimate of drug-likeness (QED) is 0.384. The van der Waals surface area contributed by atoms with E-state index in [0.717, 1.165) is 61.0 Å². The van der Waals surface area contributed by atoms with Crippen LogP contribution >= 0.6 is 0 Å². The molecule has 1 saturated heterocycles. The second-order valence-corrected chi connectivity index (χ2v) is 8.47. The Morgan fingerprint density at radius 3 is 2.71 bits per heavy atom. The maximum atomic E-state index is 5.27. The van der Waals surface area contributed by atoms with Crippen LogP contribution in [0.15, 0.2) is 59.6 Å². The first-order valence-corrected chi connectivity index (χ1v) is 11.5. The van der Waals surface area contributed by atoms with Gasteiger partial charge in [0, 0.05) is 56.9 Å². The Morgan fingerprint density at radius 1 is 1.00 bits per heavy atom. The highest BCUT2D eigenvalue weighted by Gasteiger charge is 2.18. The predicted octanol–water partition coefficient (Wildman–Crippen LogP) is 3.17. The standard InChI is InChI=1S/C24H24N10O/c1-16-28-23(35-32-16)18-2-3-19-20(13-18)30-24(29-19)31-21-12-17(4-5-26-21)15-33-8-10-34(11-9-33)22-14-25-6-7-27-22/h2-7,12-14H,8-11,15H2,1H3,(H2,26,29,30,31). The van der Waals surface area contributed by atoms with E-state index in [1.807, 2.05) is 30.6 Å². The van der Waals surface area contributed by atoms with Crippen LogP contribution < -0.4 is 10.2 Å². The Bertz CT molecular complexity index is 1440.